The van der Waals surface area contributed by atoms with E-state index in [9.17, 15) is 4.79 Å². The Morgan fingerprint density at radius 3 is 2.76 bits per heavy atom. The molecule has 17 heavy (non-hydrogen) atoms. The maximum Gasteiger partial charge on any atom is 0.163 e. The first-order valence-corrected chi connectivity index (χ1v) is 6.36. The lowest BCUT2D eigenvalue weighted by Gasteiger charge is -2.15. The highest BCUT2D eigenvalue weighted by atomic mass is 16.1. The predicted octanol–water partition coefficient (Wildman–Crippen LogP) is 3.92. The van der Waals surface area contributed by atoms with E-state index in [1.54, 1.807) is 0 Å². The van der Waals surface area contributed by atoms with E-state index in [1.807, 2.05) is 0 Å². The molecule has 0 amide bonds. The number of rotatable bonds is 1. The van der Waals surface area contributed by atoms with Crippen LogP contribution < -0.4 is 0 Å². The Morgan fingerprint density at radius 1 is 1.06 bits per heavy atom. The molecule has 0 aromatic heterocycles. The van der Waals surface area contributed by atoms with Crippen molar-refractivity contribution in [3.05, 3.63) is 47.0 Å². The Balaban J connectivity index is 2.24. The van der Waals surface area contributed by atoms with Gasteiger partial charge in [-0.25, -0.2) is 0 Å². The zero-order valence-corrected chi connectivity index (χ0v) is 10.1. The van der Waals surface area contributed by atoms with Crippen LogP contribution >= 0.6 is 0 Å². The van der Waals surface area contributed by atoms with E-state index in [-0.39, 0.29) is 0 Å². The van der Waals surface area contributed by atoms with E-state index in [4.69, 9.17) is 0 Å². The molecule has 2 aromatic carbocycles. The second kappa shape index (κ2) is 3.99. The van der Waals surface area contributed by atoms with Gasteiger partial charge in [-0.3, -0.25) is 4.79 Å². The molecule has 0 unspecified atom stereocenters. The molecule has 0 radical (unpaired) electrons. The molecule has 0 N–H and O–H groups in total. The van der Waals surface area contributed by atoms with Gasteiger partial charge in [0.05, 0.1) is 0 Å². The number of aryl methyl sites for hydroxylation is 2. The van der Waals surface area contributed by atoms with Crippen LogP contribution in [-0.2, 0) is 12.8 Å². The van der Waals surface area contributed by atoms with Crippen LogP contribution in [0.25, 0.3) is 10.8 Å². The second-order valence-corrected chi connectivity index (χ2v) is 4.82. The molecule has 0 aliphatic heterocycles. The molecule has 0 heterocycles. The van der Waals surface area contributed by atoms with Crippen LogP contribution in [0, 0.1) is 0 Å². The van der Waals surface area contributed by atoms with Gasteiger partial charge < -0.3 is 0 Å². The van der Waals surface area contributed by atoms with Crippen molar-refractivity contribution in [1.82, 2.24) is 0 Å². The van der Waals surface area contributed by atoms with Gasteiger partial charge in [-0.1, -0.05) is 31.2 Å². The van der Waals surface area contributed by atoms with Crippen LogP contribution in [0.4, 0.5) is 0 Å². The van der Waals surface area contributed by atoms with Gasteiger partial charge in [0.25, 0.3) is 0 Å². The molecule has 0 saturated carbocycles. The molecule has 86 valence electrons. The summed E-state index contributed by atoms with van der Waals surface area (Å²) in [5, 5.41) is 2.47. The largest absolute Gasteiger partial charge is 0.294 e. The first-order valence-electron chi connectivity index (χ1n) is 6.36. The van der Waals surface area contributed by atoms with Gasteiger partial charge in [0.2, 0.25) is 0 Å². The molecule has 1 heteroatoms. The van der Waals surface area contributed by atoms with Crippen LogP contribution in [0.15, 0.2) is 30.3 Å². The number of ketones is 1. The maximum atomic E-state index is 11.9. The fourth-order valence-corrected chi connectivity index (χ4v) is 2.65. The second-order valence-electron chi connectivity index (χ2n) is 4.82. The molecule has 3 rings (SSSR count). The molecule has 0 atom stereocenters. The predicted molar refractivity (Wildman–Crippen MR) is 70.6 cm³/mol. The molecular formula is C16H16O. The zero-order valence-electron chi connectivity index (χ0n) is 10.1. The molecule has 0 fully saturated rings. The van der Waals surface area contributed by atoms with Gasteiger partial charge in [0.1, 0.15) is 0 Å². The minimum absolute atomic E-state index is 0.315. The van der Waals surface area contributed by atoms with Crippen LogP contribution in [0.2, 0.25) is 0 Å². The van der Waals surface area contributed by atoms with E-state index in [0.29, 0.717) is 12.2 Å². The van der Waals surface area contributed by atoms with Crippen molar-refractivity contribution in [2.75, 3.05) is 0 Å². The quantitative estimate of drug-likeness (QED) is 0.717. The molecular weight excluding hydrogens is 208 g/mol. The van der Waals surface area contributed by atoms with E-state index >= 15 is 0 Å². The monoisotopic (exact) mass is 224 g/mol. The highest BCUT2D eigenvalue weighted by molar-refractivity contribution is 6.02. The van der Waals surface area contributed by atoms with E-state index in [2.05, 4.69) is 37.3 Å². The zero-order chi connectivity index (χ0) is 11.8. The maximum absolute atomic E-state index is 11.9. The van der Waals surface area contributed by atoms with Crippen molar-refractivity contribution in [1.29, 1.82) is 0 Å². The van der Waals surface area contributed by atoms with Crippen molar-refractivity contribution in [2.24, 2.45) is 0 Å². The third kappa shape index (κ3) is 1.76. The SMILES string of the molecule is CCc1ccc2cc3c(cc2c1)C(=O)CCC3. The van der Waals surface area contributed by atoms with Crippen LogP contribution in [0.3, 0.4) is 0 Å². The van der Waals surface area contributed by atoms with Crippen molar-refractivity contribution >= 4 is 16.6 Å². The summed E-state index contributed by atoms with van der Waals surface area (Å²) >= 11 is 0. The van der Waals surface area contributed by atoms with Crippen LogP contribution in [0.1, 0.15) is 41.3 Å². The van der Waals surface area contributed by atoms with Crippen LogP contribution in [-0.4, -0.2) is 5.78 Å². The highest BCUT2D eigenvalue weighted by Crippen LogP contribution is 2.27. The molecule has 1 aliphatic rings. The van der Waals surface area contributed by atoms with Gasteiger partial charge in [-0.05, 0) is 47.2 Å². The number of carbonyl (C=O) groups is 1. The lowest BCUT2D eigenvalue weighted by Crippen LogP contribution is -2.10. The summed E-state index contributed by atoms with van der Waals surface area (Å²) in [6, 6.07) is 10.8. The topological polar surface area (TPSA) is 17.1 Å². The van der Waals surface area contributed by atoms with Crippen molar-refractivity contribution in [3.63, 3.8) is 0 Å². The number of fused-ring (bicyclic) bond motifs is 2. The van der Waals surface area contributed by atoms with Gasteiger partial charge in [-0.15, -0.1) is 0 Å². The van der Waals surface area contributed by atoms with E-state index in [1.165, 1.54) is 21.9 Å². The summed E-state index contributed by atoms with van der Waals surface area (Å²) in [7, 11) is 0. The van der Waals surface area contributed by atoms with Gasteiger partial charge in [0, 0.05) is 12.0 Å². The third-order valence-corrected chi connectivity index (χ3v) is 3.69. The van der Waals surface area contributed by atoms with E-state index in [0.717, 1.165) is 24.8 Å². The minimum atomic E-state index is 0.315. The molecule has 0 spiro atoms. The Labute approximate surface area is 101 Å². The van der Waals surface area contributed by atoms with Crippen molar-refractivity contribution in [3.8, 4) is 0 Å². The number of benzene rings is 2. The number of carbonyl (C=O) groups excluding carboxylic acids is 1. The summed E-state index contributed by atoms with van der Waals surface area (Å²) in [6.45, 7) is 2.16. The number of hydrogen-bond donors (Lipinski definition) is 0. The average molecular weight is 224 g/mol. The fourth-order valence-electron chi connectivity index (χ4n) is 2.65. The molecule has 1 aliphatic carbocycles. The standard InChI is InChI=1S/C16H16O/c1-2-11-6-7-12-9-13-4-3-5-16(17)15(13)10-14(12)8-11/h6-10H,2-5H2,1H3. The van der Waals surface area contributed by atoms with E-state index < -0.39 is 0 Å². The number of Topliss-reactive ketones (excluding diaryl/α,β-unsaturated/α-hetero) is 1. The highest BCUT2D eigenvalue weighted by Gasteiger charge is 2.17. The average Bonchev–Trinajstić information content (AvgIpc) is 2.37. The first kappa shape index (κ1) is 10.5. The van der Waals surface area contributed by atoms with Gasteiger partial charge in [-0.2, -0.15) is 0 Å². The summed E-state index contributed by atoms with van der Waals surface area (Å²) in [5.41, 5.74) is 3.52. The van der Waals surface area contributed by atoms with Crippen molar-refractivity contribution < 1.29 is 4.79 Å². The molecule has 1 nitrogen and oxygen atoms in total. The Kier molecular flexibility index (Phi) is 2.47. The fraction of sp³-hybridized carbons (Fsp3) is 0.312. The molecule has 0 bridgehead atoms. The summed E-state index contributed by atoms with van der Waals surface area (Å²) in [6.07, 6.45) is 3.81. The lowest BCUT2D eigenvalue weighted by atomic mass is 9.88. The Hall–Kier alpha value is -1.63. The van der Waals surface area contributed by atoms with Crippen LogP contribution in [0.5, 0.6) is 0 Å². The Morgan fingerprint density at radius 2 is 1.94 bits per heavy atom. The summed E-state index contributed by atoms with van der Waals surface area (Å²) < 4.78 is 0. The normalized spacial score (nSPS) is 15.0. The van der Waals surface area contributed by atoms with Gasteiger partial charge >= 0.3 is 0 Å². The lowest BCUT2D eigenvalue weighted by molar-refractivity contribution is 0.0972. The smallest absolute Gasteiger partial charge is 0.163 e. The first-order chi connectivity index (χ1) is 8.28. The summed E-state index contributed by atoms with van der Waals surface area (Å²) in [4.78, 5) is 11.9. The van der Waals surface area contributed by atoms with Gasteiger partial charge in [0.15, 0.2) is 5.78 Å². The Bertz CT molecular complexity index is 596. The summed E-state index contributed by atoms with van der Waals surface area (Å²) in [5.74, 6) is 0.315. The molecule has 0 saturated heterocycles. The minimum Gasteiger partial charge on any atom is -0.294 e. The third-order valence-electron chi connectivity index (χ3n) is 3.69. The number of hydrogen-bond acceptors (Lipinski definition) is 1. The molecule has 2 aromatic rings. The van der Waals surface area contributed by atoms with Crippen molar-refractivity contribution in [2.45, 2.75) is 32.6 Å².